The molecule has 0 aliphatic heterocycles. The zero-order chi connectivity index (χ0) is 10.7. The number of aromatic amines is 1. The average molecular weight is 208 g/mol. The van der Waals surface area contributed by atoms with Crippen molar-refractivity contribution in [3.05, 3.63) is 18.3 Å². The first kappa shape index (κ1) is 9.38. The minimum atomic E-state index is -0.896. The number of imidazole rings is 1. The molecule has 2 N–H and O–H groups in total. The summed E-state index contributed by atoms with van der Waals surface area (Å²) in [6.45, 7) is 0. The van der Waals surface area contributed by atoms with E-state index in [-0.39, 0.29) is 12.8 Å². The molecular weight excluding hydrogens is 200 g/mol. The molecule has 7 nitrogen and oxygen atoms in total. The molecule has 0 saturated heterocycles. The van der Waals surface area contributed by atoms with Gasteiger partial charge in [0.15, 0.2) is 5.82 Å². The van der Waals surface area contributed by atoms with Crippen LogP contribution in [0.2, 0.25) is 0 Å². The number of aryl methyl sites for hydroxylation is 1. The topological polar surface area (TPSA) is 105 Å². The van der Waals surface area contributed by atoms with Crippen LogP contribution in [-0.2, 0) is 11.2 Å². The number of carboxylic acids is 1. The summed E-state index contributed by atoms with van der Waals surface area (Å²) in [5, 5.41) is 12.1. The summed E-state index contributed by atoms with van der Waals surface area (Å²) >= 11 is 0. The molecule has 0 aliphatic carbocycles. The largest absolute Gasteiger partial charge is 0.481 e. The fourth-order valence-corrected chi connectivity index (χ4v) is 1.05. The number of hydrogen-bond donors (Lipinski definition) is 2. The average Bonchev–Trinajstić information content (AvgIpc) is 2.85. The van der Waals surface area contributed by atoms with E-state index in [0.29, 0.717) is 17.5 Å². The Morgan fingerprint density at radius 2 is 2.47 bits per heavy atom. The molecule has 0 saturated carbocycles. The molecule has 7 heteroatoms. The van der Waals surface area contributed by atoms with Gasteiger partial charge in [0.1, 0.15) is 0 Å². The van der Waals surface area contributed by atoms with Crippen molar-refractivity contribution in [2.24, 2.45) is 0 Å². The van der Waals surface area contributed by atoms with E-state index in [4.69, 9.17) is 9.63 Å². The fraction of sp³-hybridized carbons (Fsp3) is 0.250. The summed E-state index contributed by atoms with van der Waals surface area (Å²) in [6, 6.07) is 0. The van der Waals surface area contributed by atoms with Gasteiger partial charge >= 0.3 is 5.97 Å². The van der Waals surface area contributed by atoms with Crippen molar-refractivity contribution in [3.8, 4) is 11.6 Å². The monoisotopic (exact) mass is 208 g/mol. The van der Waals surface area contributed by atoms with E-state index in [9.17, 15) is 4.79 Å². The number of H-pyrrole nitrogens is 1. The van der Waals surface area contributed by atoms with Crippen LogP contribution in [0, 0.1) is 0 Å². The van der Waals surface area contributed by atoms with Gasteiger partial charge < -0.3 is 14.6 Å². The lowest BCUT2D eigenvalue weighted by Gasteiger charge is -1.87. The van der Waals surface area contributed by atoms with Gasteiger partial charge in [0, 0.05) is 18.8 Å². The lowest BCUT2D eigenvalue weighted by atomic mass is 10.3. The summed E-state index contributed by atoms with van der Waals surface area (Å²) in [5.41, 5.74) is 0. The van der Waals surface area contributed by atoms with Crippen LogP contribution in [0.3, 0.4) is 0 Å². The lowest BCUT2D eigenvalue weighted by Crippen LogP contribution is -1.97. The van der Waals surface area contributed by atoms with Crippen LogP contribution in [0.15, 0.2) is 16.9 Å². The number of nitrogens with one attached hydrogen (secondary N) is 1. The molecule has 0 spiro atoms. The molecule has 0 atom stereocenters. The number of carbonyl (C=O) groups is 1. The Balaban J connectivity index is 2.08. The maximum absolute atomic E-state index is 10.3. The molecule has 0 bridgehead atoms. The molecule has 0 amide bonds. The lowest BCUT2D eigenvalue weighted by molar-refractivity contribution is -0.137. The molecular formula is C8H8N4O3. The highest BCUT2D eigenvalue weighted by Crippen LogP contribution is 2.10. The van der Waals surface area contributed by atoms with Gasteiger partial charge in [-0.05, 0) is 0 Å². The highest BCUT2D eigenvalue weighted by Gasteiger charge is 2.11. The molecule has 0 aliphatic rings. The Kier molecular flexibility index (Phi) is 2.44. The van der Waals surface area contributed by atoms with Gasteiger partial charge in [-0.3, -0.25) is 4.79 Å². The van der Waals surface area contributed by atoms with Crippen LogP contribution < -0.4 is 0 Å². The first-order valence-corrected chi connectivity index (χ1v) is 4.30. The first-order valence-electron chi connectivity index (χ1n) is 4.30. The van der Waals surface area contributed by atoms with Crippen LogP contribution in [0.4, 0.5) is 0 Å². The zero-order valence-corrected chi connectivity index (χ0v) is 7.67. The van der Waals surface area contributed by atoms with E-state index >= 15 is 0 Å². The second-order valence-corrected chi connectivity index (χ2v) is 2.84. The Labute approximate surface area is 84.2 Å². The van der Waals surface area contributed by atoms with Gasteiger partial charge in [0.25, 0.3) is 0 Å². The number of hydrogen-bond acceptors (Lipinski definition) is 5. The van der Waals surface area contributed by atoms with Gasteiger partial charge in [0.2, 0.25) is 11.7 Å². The molecule has 78 valence electrons. The summed E-state index contributed by atoms with van der Waals surface area (Å²) in [6.07, 6.45) is 3.41. The number of nitrogens with zero attached hydrogens (tertiary/aromatic N) is 3. The molecule has 0 unspecified atom stereocenters. The van der Waals surface area contributed by atoms with Gasteiger partial charge in [-0.1, -0.05) is 5.16 Å². The molecule has 0 aromatic carbocycles. The van der Waals surface area contributed by atoms with Crippen molar-refractivity contribution >= 4 is 5.97 Å². The molecule has 0 fully saturated rings. The van der Waals surface area contributed by atoms with E-state index in [1.807, 2.05) is 0 Å². The van der Waals surface area contributed by atoms with E-state index < -0.39 is 5.97 Å². The molecule has 0 radical (unpaired) electrons. The number of rotatable bonds is 4. The Hall–Kier alpha value is -2.18. The molecule has 15 heavy (non-hydrogen) atoms. The van der Waals surface area contributed by atoms with Crippen LogP contribution in [0.1, 0.15) is 12.3 Å². The summed E-state index contributed by atoms with van der Waals surface area (Å²) in [4.78, 5) is 21.0. The van der Waals surface area contributed by atoms with Crippen molar-refractivity contribution < 1.29 is 14.4 Å². The molecule has 2 rings (SSSR count). The highest BCUT2D eigenvalue weighted by molar-refractivity contribution is 5.66. The maximum Gasteiger partial charge on any atom is 0.303 e. The van der Waals surface area contributed by atoms with Gasteiger partial charge in [-0.25, -0.2) is 4.98 Å². The van der Waals surface area contributed by atoms with Crippen molar-refractivity contribution in [3.63, 3.8) is 0 Å². The third kappa shape index (κ3) is 2.19. The second-order valence-electron chi connectivity index (χ2n) is 2.84. The smallest absolute Gasteiger partial charge is 0.303 e. The molecule has 2 aromatic rings. The summed E-state index contributed by atoms with van der Waals surface area (Å²) in [5.74, 6) is 0.234. The Morgan fingerprint density at radius 3 is 3.13 bits per heavy atom. The summed E-state index contributed by atoms with van der Waals surface area (Å²) < 4.78 is 4.85. The Bertz CT molecular complexity index is 448. The van der Waals surface area contributed by atoms with Crippen molar-refractivity contribution in [1.82, 2.24) is 20.1 Å². The third-order valence-electron chi connectivity index (χ3n) is 1.73. The van der Waals surface area contributed by atoms with Crippen LogP contribution in [-0.4, -0.2) is 31.2 Å². The van der Waals surface area contributed by atoms with E-state index in [0.717, 1.165) is 0 Å². The number of aromatic nitrogens is 4. The predicted molar refractivity (Wildman–Crippen MR) is 47.8 cm³/mol. The third-order valence-corrected chi connectivity index (χ3v) is 1.73. The minimum Gasteiger partial charge on any atom is -0.481 e. The highest BCUT2D eigenvalue weighted by atomic mass is 16.5. The van der Waals surface area contributed by atoms with Crippen LogP contribution in [0.5, 0.6) is 0 Å². The normalized spacial score (nSPS) is 10.4. The van der Waals surface area contributed by atoms with Gasteiger partial charge in [0.05, 0.1) is 6.42 Å². The quantitative estimate of drug-likeness (QED) is 0.756. The van der Waals surface area contributed by atoms with E-state index in [2.05, 4.69) is 20.1 Å². The van der Waals surface area contributed by atoms with Crippen LogP contribution >= 0.6 is 0 Å². The van der Waals surface area contributed by atoms with Crippen molar-refractivity contribution in [2.45, 2.75) is 12.8 Å². The minimum absolute atomic E-state index is 0.0280. The fourth-order valence-electron chi connectivity index (χ4n) is 1.05. The van der Waals surface area contributed by atoms with E-state index in [1.165, 1.54) is 0 Å². The second kappa shape index (κ2) is 3.91. The first-order chi connectivity index (χ1) is 7.25. The Morgan fingerprint density at radius 1 is 1.60 bits per heavy atom. The predicted octanol–water partition coefficient (Wildman–Crippen LogP) is 0.477. The summed E-state index contributed by atoms with van der Waals surface area (Å²) in [7, 11) is 0. The molecule has 2 aromatic heterocycles. The van der Waals surface area contributed by atoms with Gasteiger partial charge in [-0.15, -0.1) is 0 Å². The standard InChI is InChI=1S/C8H8N4O3/c13-6(14)2-1-5-11-8(12-15-5)7-9-3-4-10-7/h3-4H,1-2H2,(H,9,10)(H,13,14). The van der Waals surface area contributed by atoms with Gasteiger partial charge in [-0.2, -0.15) is 4.98 Å². The van der Waals surface area contributed by atoms with E-state index in [1.54, 1.807) is 12.4 Å². The van der Waals surface area contributed by atoms with Crippen LogP contribution in [0.25, 0.3) is 11.6 Å². The number of aliphatic carboxylic acids is 1. The zero-order valence-electron chi connectivity index (χ0n) is 7.67. The van der Waals surface area contributed by atoms with Crippen molar-refractivity contribution in [1.29, 1.82) is 0 Å². The SMILES string of the molecule is O=C(O)CCc1nc(-c2ncc[nH]2)no1. The maximum atomic E-state index is 10.3. The molecule has 2 heterocycles. The van der Waals surface area contributed by atoms with Crippen molar-refractivity contribution in [2.75, 3.05) is 0 Å². The number of carboxylic acid groups (broad SMARTS) is 1.